The van der Waals surface area contributed by atoms with E-state index in [0.29, 0.717) is 12.8 Å². The van der Waals surface area contributed by atoms with Gasteiger partial charge in [-0.2, -0.15) is 8.42 Å². The SMILES string of the molecule is CCCCCCCCCCCCC/C=C/CCC(=O)OC[C@H](CO[C@H]1O[C@H](CS(=O)(=O)O)[C@@H](O)C(O)C1O)OC(=O)CCCCCCCCCCCCCCCCCCCCCC. The van der Waals surface area contributed by atoms with Crippen molar-refractivity contribution in [3.63, 3.8) is 0 Å². The first-order valence-electron chi connectivity index (χ1n) is 25.7. The Morgan fingerprint density at radius 3 is 1.38 bits per heavy atom. The molecule has 0 saturated carbocycles. The van der Waals surface area contributed by atoms with Gasteiger partial charge in [0.1, 0.15) is 36.8 Å². The standard InChI is InChI=1S/C50H94O12S/c1-3-5-7-9-11-13-15-17-19-20-21-22-23-25-27-29-31-33-35-37-39-46(52)61-43(41-60-50-49(55)48(54)47(53)44(62-50)42-63(56,57)58)40-59-45(51)38-36-34-32-30-28-26-24-18-16-14-12-10-8-6-4-2/h32,34,43-44,47-50,53-55H,3-31,33,35-42H2,1-2H3,(H,56,57,58)/b34-32+/t43-,44-,47-,48?,49?,50+/m1/s1. The first kappa shape index (κ1) is 59.4. The van der Waals surface area contributed by atoms with Crippen molar-refractivity contribution in [2.75, 3.05) is 19.0 Å². The molecule has 4 N–H and O–H groups in total. The van der Waals surface area contributed by atoms with E-state index < -0.39 is 71.2 Å². The summed E-state index contributed by atoms with van der Waals surface area (Å²) < 4.78 is 54.2. The molecule has 0 aliphatic carbocycles. The summed E-state index contributed by atoms with van der Waals surface area (Å²) in [5, 5.41) is 30.9. The number of esters is 2. The van der Waals surface area contributed by atoms with E-state index in [1.54, 1.807) is 0 Å². The number of hydrogen-bond acceptors (Lipinski definition) is 11. The predicted molar refractivity (Wildman–Crippen MR) is 252 cm³/mol. The van der Waals surface area contributed by atoms with Crippen LogP contribution in [0.15, 0.2) is 12.2 Å². The van der Waals surface area contributed by atoms with Gasteiger partial charge in [0.2, 0.25) is 0 Å². The van der Waals surface area contributed by atoms with E-state index >= 15 is 0 Å². The van der Waals surface area contributed by atoms with Gasteiger partial charge in [-0.15, -0.1) is 0 Å². The number of aliphatic hydroxyl groups excluding tert-OH is 3. The van der Waals surface area contributed by atoms with Gasteiger partial charge in [-0.25, -0.2) is 0 Å². The van der Waals surface area contributed by atoms with Crippen LogP contribution < -0.4 is 0 Å². The zero-order chi connectivity index (χ0) is 46.2. The van der Waals surface area contributed by atoms with Crippen LogP contribution in [0, 0.1) is 0 Å². The molecule has 12 nitrogen and oxygen atoms in total. The molecule has 0 aromatic carbocycles. The lowest BCUT2D eigenvalue weighted by atomic mass is 10.00. The summed E-state index contributed by atoms with van der Waals surface area (Å²) in [5.74, 6) is -2.02. The summed E-state index contributed by atoms with van der Waals surface area (Å²) in [6.07, 6.45) is 35.5. The zero-order valence-electron chi connectivity index (χ0n) is 40.0. The van der Waals surface area contributed by atoms with Crippen molar-refractivity contribution in [3.8, 4) is 0 Å². The van der Waals surface area contributed by atoms with Crippen LogP contribution in [0.5, 0.6) is 0 Å². The third-order valence-electron chi connectivity index (χ3n) is 12.1. The molecular formula is C50H94O12S. The Labute approximate surface area is 384 Å². The van der Waals surface area contributed by atoms with Crippen LogP contribution in [0.4, 0.5) is 0 Å². The average Bonchev–Trinajstić information content (AvgIpc) is 3.25. The topological polar surface area (TPSA) is 186 Å². The van der Waals surface area contributed by atoms with Gasteiger partial charge in [-0.3, -0.25) is 14.1 Å². The van der Waals surface area contributed by atoms with Gasteiger partial charge < -0.3 is 34.3 Å². The number of aliphatic hydroxyl groups is 3. The molecule has 6 atom stereocenters. The maximum atomic E-state index is 12.9. The molecule has 0 spiro atoms. The molecule has 0 radical (unpaired) electrons. The highest BCUT2D eigenvalue weighted by Crippen LogP contribution is 2.24. The molecule has 372 valence electrons. The number of carbonyl (C=O) groups is 2. The highest BCUT2D eigenvalue weighted by molar-refractivity contribution is 7.85. The maximum absolute atomic E-state index is 12.9. The molecule has 0 bridgehead atoms. The lowest BCUT2D eigenvalue weighted by Gasteiger charge is -2.40. The Kier molecular flexibility index (Phi) is 38.3. The molecule has 63 heavy (non-hydrogen) atoms. The summed E-state index contributed by atoms with van der Waals surface area (Å²) in [4.78, 5) is 25.5. The number of ether oxygens (including phenoxy) is 4. The third-order valence-corrected chi connectivity index (χ3v) is 12.9. The van der Waals surface area contributed by atoms with Gasteiger partial charge >= 0.3 is 11.9 Å². The molecule has 2 unspecified atom stereocenters. The third kappa shape index (κ3) is 35.3. The Morgan fingerprint density at radius 2 is 0.937 bits per heavy atom. The largest absolute Gasteiger partial charge is 0.462 e. The molecule has 1 fully saturated rings. The number of rotatable bonds is 44. The Bertz CT molecular complexity index is 1210. The normalized spacial score (nSPS) is 19.7. The second-order valence-electron chi connectivity index (χ2n) is 18.2. The average molecular weight is 919 g/mol. The smallest absolute Gasteiger partial charge is 0.306 e. The molecule has 0 aromatic heterocycles. The number of unbranched alkanes of at least 4 members (excludes halogenated alkanes) is 30. The van der Waals surface area contributed by atoms with Crippen LogP contribution in [0.1, 0.15) is 239 Å². The zero-order valence-corrected chi connectivity index (χ0v) is 40.8. The van der Waals surface area contributed by atoms with E-state index in [-0.39, 0.29) is 19.4 Å². The van der Waals surface area contributed by atoms with Gasteiger partial charge in [0.15, 0.2) is 12.4 Å². The van der Waals surface area contributed by atoms with E-state index in [0.717, 1.165) is 32.1 Å². The van der Waals surface area contributed by atoms with Gasteiger partial charge in [0.05, 0.1) is 6.61 Å². The van der Waals surface area contributed by atoms with Crippen LogP contribution in [0.25, 0.3) is 0 Å². The second kappa shape index (κ2) is 40.6. The van der Waals surface area contributed by atoms with E-state index in [1.165, 1.54) is 167 Å². The monoisotopic (exact) mass is 919 g/mol. The van der Waals surface area contributed by atoms with Gasteiger partial charge in [-0.05, 0) is 25.7 Å². The fourth-order valence-corrected chi connectivity index (χ4v) is 8.80. The lowest BCUT2D eigenvalue weighted by molar-refractivity contribution is -0.297. The Hall–Kier alpha value is -1.61. The number of hydrogen-bond donors (Lipinski definition) is 4. The molecule has 1 heterocycles. The van der Waals surface area contributed by atoms with Crippen molar-refractivity contribution < 1.29 is 56.8 Å². The van der Waals surface area contributed by atoms with Crippen molar-refractivity contribution in [2.45, 2.75) is 275 Å². The maximum Gasteiger partial charge on any atom is 0.306 e. The minimum absolute atomic E-state index is 0.140. The molecule has 13 heteroatoms. The lowest BCUT2D eigenvalue weighted by Crippen LogP contribution is -2.60. The first-order valence-corrected chi connectivity index (χ1v) is 27.4. The van der Waals surface area contributed by atoms with Crippen LogP contribution in [0.3, 0.4) is 0 Å². The molecule has 1 aliphatic rings. The van der Waals surface area contributed by atoms with Crippen LogP contribution >= 0.6 is 0 Å². The van der Waals surface area contributed by atoms with Crippen molar-refractivity contribution in [3.05, 3.63) is 12.2 Å². The Balaban J connectivity index is 2.37. The molecule has 1 aliphatic heterocycles. The van der Waals surface area contributed by atoms with E-state index in [4.69, 9.17) is 18.9 Å². The molecule has 1 rings (SSSR count). The summed E-state index contributed by atoms with van der Waals surface area (Å²) >= 11 is 0. The summed E-state index contributed by atoms with van der Waals surface area (Å²) in [6, 6.07) is 0. The van der Waals surface area contributed by atoms with Crippen molar-refractivity contribution >= 4 is 22.1 Å². The van der Waals surface area contributed by atoms with E-state index in [2.05, 4.69) is 19.9 Å². The number of carbonyl (C=O) groups excluding carboxylic acids is 2. The molecular weight excluding hydrogens is 825 g/mol. The predicted octanol–water partition coefficient (Wildman–Crippen LogP) is 11.4. The molecule has 1 saturated heterocycles. The van der Waals surface area contributed by atoms with Crippen molar-refractivity contribution in [2.24, 2.45) is 0 Å². The number of allylic oxidation sites excluding steroid dienone is 2. The molecule has 0 aromatic rings. The Morgan fingerprint density at radius 1 is 0.524 bits per heavy atom. The minimum atomic E-state index is -4.60. The van der Waals surface area contributed by atoms with Gasteiger partial charge in [-0.1, -0.05) is 212 Å². The van der Waals surface area contributed by atoms with Gasteiger partial charge in [0.25, 0.3) is 10.1 Å². The van der Waals surface area contributed by atoms with Crippen LogP contribution in [0.2, 0.25) is 0 Å². The van der Waals surface area contributed by atoms with E-state index in [9.17, 15) is 37.9 Å². The first-order chi connectivity index (χ1) is 30.5. The quantitative estimate of drug-likeness (QED) is 0.0196. The molecule has 0 amide bonds. The summed E-state index contributed by atoms with van der Waals surface area (Å²) in [5.41, 5.74) is 0. The van der Waals surface area contributed by atoms with Gasteiger partial charge in [0, 0.05) is 12.8 Å². The minimum Gasteiger partial charge on any atom is -0.462 e. The van der Waals surface area contributed by atoms with Crippen LogP contribution in [-0.4, -0.2) is 96.0 Å². The summed E-state index contributed by atoms with van der Waals surface area (Å²) in [7, 11) is -4.60. The fourth-order valence-electron chi connectivity index (χ4n) is 8.11. The second-order valence-corrected chi connectivity index (χ2v) is 19.7. The highest BCUT2D eigenvalue weighted by Gasteiger charge is 2.46. The highest BCUT2D eigenvalue weighted by atomic mass is 32.2. The van der Waals surface area contributed by atoms with Crippen LogP contribution in [-0.2, 0) is 38.7 Å². The van der Waals surface area contributed by atoms with E-state index in [1.807, 2.05) is 6.08 Å². The summed E-state index contributed by atoms with van der Waals surface area (Å²) in [6.45, 7) is 3.77. The fraction of sp³-hybridized carbons (Fsp3) is 0.920. The van der Waals surface area contributed by atoms with Crippen molar-refractivity contribution in [1.82, 2.24) is 0 Å². The van der Waals surface area contributed by atoms with Crippen molar-refractivity contribution in [1.29, 1.82) is 0 Å².